The molecule has 2 saturated carbocycles. The van der Waals surface area contributed by atoms with E-state index in [1.165, 1.54) is 46.2 Å². The lowest BCUT2D eigenvalue weighted by molar-refractivity contribution is -0.162. The Morgan fingerprint density at radius 1 is 1.15 bits per heavy atom. The lowest BCUT2D eigenvalue weighted by Gasteiger charge is -2.65. The number of phenolic OH excluding ortho intramolecular Hbond substituents is 1. The molecule has 2 N–H and O–H groups in total. The Bertz CT molecular complexity index is 1220. The summed E-state index contributed by atoms with van der Waals surface area (Å²) in [7, 11) is 0. The number of rotatable bonds is 3. The number of aryl methyl sites for hydroxylation is 1. The van der Waals surface area contributed by atoms with Gasteiger partial charge in [0.15, 0.2) is 0 Å². The largest absolute Gasteiger partial charge is 0.508 e. The SMILES string of the molecule is C=C1/C(=C\c2ccccc2C)CC2(O)[C@H]3Cc4ccc(O)c5c4[C@@]2(CCN3CC2CC2)[C@H]1C5. The Morgan fingerprint density at radius 2 is 1.97 bits per heavy atom. The number of aromatic hydroxyl groups is 1. The van der Waals surface area contributed by atoms with Crippen molar-refractivity contribution in [2.45, 2.75) is 62.5 Å². The van der Waals surface area contributed by atoms with Crippen LogP contribution in [0.3, 0.4) is 0 Å². The van der Waals surface area contributed by atoms with Crippen molar-refractivity contribution >= 4 is 6.08 Å². The van der Waals surface area contributed by atoms with Crippen molar-refractivity contribution < 1.29 is 10.2 Å². The van der Waals surface area contributed by atoms with Gasteiger partial charge in [0.05, 0.1) is 5.60 Å². The number of nitrogens with zero attached hydrogens (tertiary/aromatic N) is 1. The van der Waals surface area contributed by atoms with Crippen molar-refractivity contribution in [2.75, 3.05) is 13.1 Å². The van der Waals surface area contributed by atoms with Gasteiger partial charge in [-0.2, -0.15) is 0 Å². The number of likely N-dealkylation sites (tertiary alicyclic amines) is 1. The zero-order valence-electron chi connectivity index (χ0n) is 19.5. The Kier molecular flexibility index (Phi) is 4.02. The summed E-state index contributed by atoms with van der Waals surface area (Å²) in [5, 5.41) is 23.7. The van der Waals surface area contributed by atoms with Crippen LogP contribution in [0.5, 0.6) is 5.75 Å². The fourth-order valence-electron chi connectivity index (χ4n) is 8.04. The second-order valence-corrected chi connectivity index (χ2v) is 11.4. The maximum absolute atomic E-state index is 12.8. The molecule has 33 heavy (non-hydrogen) atoms. The van der Waals surface area contributed by atoms with Crippen molar-refractivity contribution in [2.24, 2.45) is 11.8 Å². The van der Waals surface area contributed by atoms with E-state index in [-0.39, 0.29) is 17.4 Å². The Hall–Kier alpha value is -2.36. The van der Waals surface area contributed by atoms with Gasteiger partial charge < -0.3 is 10.2 Å². The van der Waals surface area contributed by atoms with Gasteiger partial charge in [0.1, 0.15) is 5.75 Å². The summed E-state index contributed by atoms with van der Waals surface area (Å²) < 4.78 is 0. The summed E-state index contributed by atoms with van der Waals surface area (Å²) in [6.07, 6.45) is 8.22. The van der Waals surface area contributed by atoms with Gasteiger partial charge in [-0.05, 0) is 96.5 Å². The van der Waals surface area contributed by atoms with Gasteiger partial charge in [-0.25, -0.2) is 0 Å². The molecule has 7 rings (SSSR count). The minimum absolute atomic E-state index is 0.130. The van der Waals surface area contributed by atoms with Gasteiger partial charge in [0, 0.05) is 30.3 Å². The third-order valence-electron chi connectivity index (χ3n) is 9.80. The van der Waals surface area contributed by atoms with Crippen LogP contribution in [0.25, 0.3) is 6.08 Å². The van der Waals surface area contributed by atoms with E-state index in [0.29, 0.717) is 12.2 Å². The summed E-state index contributed by atoms with van der Waals surface area (Å²) in [5.41, 5.74) is 7.37. The molecule has 3 nitrogen and oxygen atoms in total. The average Bonchev–Trinajstić information content (AvgIpc) is 3.53. The van der Waals surface area contributed by atoms with E-state index < -0.39 is 5.60 Å². The summed E-state index contributed by atoms with van der Waals surface area (Å²) in [6, 6.07) is 12.6. The highest BCUT2D eigenvalue weighted by atomic mass is 16.3. The fourth-order valence-corrected chi connectivity index (χ4v) is 8.04. The van der Waals surface area contributed by atoms with Crippen molar-refractivity contribution in [3.05, 3.63) is 81.9 Å². The highest BCUT2D eigenvalue weighted by molar-refractivity contribution is 5.68. The van der Waals surface area contributed by atoms with Gasteiger partial charge in [-0.15, -0.1) is 0 Å². The third kappa shape index (κ3) is 2.53. The molecule has 0 aromatic heterocycles. The molecule has 1 heterocycles. The second-order valence-electron chi connectivity index (χ2n) is 11.4. The number of benzene rings is 2. The zero-order chi connectivity index (χ0) is 22.5. The van der Waals surface area contributed by atoms with Crippen LogP contribution >= 0.6 is 0 Å². The van der Waals surface area contributed by atoms with E-state index in [1.54, 1.807) is 0 Å². The first kappa shape index (κ1) is 20.1. The summed E-state index contributed by atoms with van der Waals surface area (Å²) in [5.74, 6) is 1.36. The number of piperidine rings is 1. The minimum atomic E-state index is -0.827. The second kappa shape index (κ2) is 6.61. The first-order chi connectivity index (χ1) is 15.9. The molecule has 1 saturated heterocycles. The molecule has 2 aromatic carbocycles. The molecule has 1 aliphatic heterocycles. The van der Waals surface area contributed by atoms with E-state index >= 15 is 0 Å². The summed E-state index contributed by atoms with van der Waals surface area (Å²) in [6.45, 7) is 8.95. The van der Waals surface area contributed by atoms with Gasteiger partial charge in [0.2, 0.25) is 0 Å². The van der Waals surface area contributed by atoms with Crippen molar-refractivity contribution in [1.82, 2.24) is 4.90 Å². The molecule has 3 fully saturated rings. The van der Waals surface area contributed by atoms with E-state index in [0.717, 1.165) is 43.8 Å². The number of aliphatic hydroxyl groups is 1. The standard InChI is InChI=1S/C30H33NO2/c1-18-5-3-4-6-21(18)13-23-16-30(33)27-14-22-9-10-26(32)24-15-25(19(23)2)29(30,28(22)24)11-12-31(27)17-20-7-8-20/h3-6,9-10,13,20,25,27,32-33H,2,7-8,11-12,14-17H2,1H3/b23-13-/t25-,27+,29+,30?/m0/s1. The fraction of sp³-hybridized carbons (Fsp3) is 0.467. The highest BCUT2D eigenvalue weighted by Gasteiger charge is 2.70. The first-order valence-corrected chi connectivity index (χ1v) is 12.7. The van der Waals surface area contributed by atoms with Crippen LogP contribution in [-0.4, -0.2) is 39.8 Å². The van der Waals surface area contributed by atoms with Gasteiger partial charge >= 0.3 is 0 Å². The Labute approximate surface area is 196 Å². The molecule has 1 unspecified atom stereocenters. The number of phenols is 1. The monoisotopic (exact) mass is 439 g/mol. The molecule has 1 spiro atoms. The normalized spacial score (nSPS) is 35.7. The van der Waals surface area contributed by atoms with Gasteiger partial charge in [-0.3, -0.25) is 4.90 Å². The van der Waals surface area contributed by atoms with E-state index in [9.17, 15) is 10.2 Å². The van der Waals surface area contributed by atoms with Crippen molar-refractivity contribution in [3.8, 4) is 5.75 Å². The van der Waals surface area contributed by atoms with Crippen LogP contribution in [0.2, 0.25) is 0 Å². The average molecular weight is 440 g/mol. The zero-order valence-corrected chi connectivity index (χ0v) is 19.5. The van der Waals surface area contributed by atoms with E-state index in [1.807, 2.05) is 6.07 Å². The molecule has 2 aromatic rings. The van der Waals surface area contributed by atoms with Crippen molar-refractivity contribution in [3.63, 3.8) is 0 Å². The van der Waals surface area contributed by atoms with Crippen LogP contribution < -0.4 is 0 Å². The van der Waals surface area contributed by atoms with Gasteiger partial charge in [-0.1, -0.05) is 43.0 Å². The molecule has 0 amide bonds. The molecule has 5 aliphatic rings. The molecule has 170 valence electrons. The molecule has 4 atom stereocenters. The first-order valence-electron chi connectivity index (χ1n) is 12.7. The maximum atomic E-state index is 12.8. The highest BCUT2D eigenvalue weighted by Crippen LogP contribution is 2.67. The minimum Gasteiger partial charge on any atom is -0.508 e. The lowest BCUT2D eigenvalue weighted by atomic mass is 9.46. The topological polar surface area (TPSA) is 43.7 Å². The number of hydrogen-bond acceptors (Lipinski definition) is 3. The van der Waals surface area contributed by atoms with Crippen LogP contribution in [0.4, 0.5) is 0 Å². The van der Waals surface area contributed by atoms with Crippen LogP contribution in [0.1, 0.15) is 53.5 Å². The quantitative estimate of drug-likeness (QED) is 0.713. The molecule has 3 heteroatoms. The molecule has 2 bridgehead atoms. The predicted octanol–water partition coefficient (Wildman–Crippen LogP) is 4.93. The molecular weight excluding hydrogens is 406 g/mol. The maximum Gasteiger partial charge on any atom is 0.119 e. The predicted molar refractivity (Wildman–Crippen MR) is 131 cm³/mol. The smallest absolute Gasteiger partial charge is 0.119 e. The van der Waals surface area contributed by atoms with E-state index in [2.05, 4.69) is 54.8 Å². The number of hydrogen-bond donors (Lipinski definition) is 2. The molecule has 0 radical (unpaired) electrons. The van der Waals surface area contributed by atoms with Gasteiger partial charge in [0.25, 0.3) is 0 Å². The van der Waals surface area contributed by atoms with Crippen LogP contribution in [0, 0.1) is 18.8 Å². The Balaban J connectivity index is 1.42. The summed E-state index contributed by atoms with van der Waals surface area (Å²) >= 11 is 0. The molecular formula is C30H33NO2. The van der Waals surface area contributed by atoms with E-state index in [4.69, 9.17) is 0 Å². The van der Waals surface area contributed by atoms with Crippen LogP contribution in [0.15, 0.2) is 54.1 Å². The summed E-state index contributed by atoms with van der Waals surface area (Å²) in [4.78, 5) is 2.62. The Morgan fingerprint density at radius 3 is 2.76 bits per heavy atom. The lowest BCUT2D eigenvalue weighted by Crippen LogP contribution is -2.74. The molecule has 4 aliphatic carbocycles. The van der Waals surface area contributed by atoms with Crippen molar-refractivity contribution in [1.29, 1.82) is 0 Å². The van der Waals surface area contributed by atoms with Crippen LogP contribution in [-0.2, 0) is 18.3 Å². The number of allylic oxidation sites excluding steroid dienone is 1. The third-order valence-corrected chi connectivity index (χ3v) is 9.80.